The van der Waals surface area contributed by atoms with Crippen molar-refractivity contribution >= 4 is 5.82 Å². The van der Waals surface area contributed by atoms with Crippen LogP contribution in [0.25, 0.3) is 11.4 Å². The first-order valence-electron chi connectivity index (χ1n) is 8.75. The van der Waals surface area contributed by atoms with Gasteiger partial charge in [-0.05, 0) is 62.5 Å². The summed E-state index contributed by atoms with van der Waals surface area (Å²) in [6, 6.07) is 9.95. The SMILES string of the molecule is CCc1cc(NCC2CCCNC2)nc(-c2ccc(OC)cc2)n1. The molecule has 5 heteroatoms. The molecule has 0 amide bonds. The molecule has 5 nitrogen and oxygen atoms in total. The van der Waals surface area contributed by atoms with E-state index in [0.717, 1.165) is 54.7 Å². The number of anilines is 1. The van der Waals surface area contributed by atoms with E-state index >= 15 is 0 Å². The van der Waals surface area contributed by atoms with E-state index in [0.29, 0.717) is 5.92 Å². The number of hydrogen-bond acceptors (Lipinski definition) is 5. The minimum Gasteiger partial charge on any atom is -0.497 e. The van der Waals surface area contributed by atoms with Crippen LogP contribution in [0.1, 0.15) is 25.5 Å². The normalized spacial score (nSPS) is 17.5. The second-order valence-corrected chi connectivity index (χ2v) is 6.24. The Morgan fingerprint density at radius 1 is 1.25 bits per heavy atom. The van der Waals surface area contributed by atoms with Crippen molar-refractivity contribution in [3.05, 3.63) is 36.0 Å². The van der Waals surface area contributed by atoms with Gasteiger partial charge in [0.05, 0.1) is 7.11 Å². The van der Waals surface area contributed by atoms with Crippen LogP contribution < -0.4 is 15.4 Å². The summed E-state index contributed by atoms with van der Waals surface area (Å²) < 4.78 is 5.22. The van der Waals surface area contributed by atoms with Gasteiger partial charge in [0.15, 0.2) is 5.82 Å². The molecule has 0 saturated carbocycles. The summed E-state index contributed by atoms with van der Waals surface area (Å²) in [6.45, 7) is 5.31. The molecule has 128 valence electrons. The maximum absolute atomic E-state index is 5.22. The van der Waals surface area contributed by atoms with E-state index in [1.807, 2.05) is 24.3 Å². The maximum atomic E-state index is 5.22. The fraction of sp³-hybridized carbons (Fsp3) is 0.474. The number of piperidine rings is 1. The largest absolute Gasteiger partial charge is 0.497 e. The van der Waals surface area contributed by atoms with E-state index in [4.69, 9.17) is 9.72 Å². The molecule has 0 radical (unpaired) electrons. The molecule has 0 spiro atoms. The zero-order valence-corrected chi connectivity index (χ0v) is 14.5. The molecule has 1 aromatic carbocycles. The smallest absolute Gasteiger partial charge is 0.161 e. The van der Waals surface area contributed by atoms with Gasteiger partial charge in [0.25, 0.3) is 0 Å². The molecule has 1 saturated heterocycles. The number of rotatable bonds is 6. The van der Waals surface area contributed by atoms with Gasteiger partial charge in [-0.1, -0.05) is 6.92 Å². The number of nitrogens with zero attached hydrogens (tertiary/aromatic N) is 2. The summed E-state index contributed by atoms with van der Waals surface area (Å²) in [5, 5.41) is 6.96. The van der Waals surface area contributed by atoms with Gasteiger partial charge in [-0.25, -0.2) is 9.97 Å². The fourth-order valence-corrected chi connectivity index (χ4v) is 2.99. The van der Waals surface area contributed by atoms with Crippen molar-refractivity contribution in [3.8, 4) is 17.1 Å². The van der Waals surface area contributed by atoms with Gasteiger partial charge >= 0.3 is 0 Å². The number of aryl methyl sites for hydroxylation is 1. The first kappa shape index (κ1) is 16.7. The molecule has 0 bridgehead atoms. The quantitative estimate of drug-likeness (QED) is 0.854. The lowest BCUT2D eigenvalue weighted by Gasteiger charge is -2.23. The molecule has 2 aromatic rings. The van der Waals surface area contributed by atoms with Crippen LogP contribution in [0, 0.1) is 5.92 Å². The molecular weight excluding hydrogens is 300 g/mol. The second kappa shape index (κ2) is 8.11. The average molecular weight is 326 g/mol. The molecule has 1 aliphatic heterocycles. The number of aromatic nitrogens is 2. The predicted octanol–water partition coefficient (Wildman–Crippen LogP) is 3.13. The molecule has 2 N–H and O–H groups in total. The maximum Gasteiger partial charge on any atom is 0.161 e. The molecule has 1 unspecified atom stereocenters. The molecule has 1 aromatic heterocycles. The van der Waals surface area contributed by atoms with Crippen molar-refractivity contribution in [1.29, 1.82) is 0 Å². The Hall–Kier alpha value is -2.14. The van der Waals surface area contributed by atoms with Gasteiger partial charge in [-0.2, -0.15) is 0 Å². The Kier molecular flexibility index (Phi) is 5.64. The van der Waals surface area contributed by atoms with Crippen molar-refractivity contribution in [2.75, 3.05) is 32.1 Å². The minimum absolute atomic E-state index is 0.670. The zero-order chi connectivity index (χ0) is 16.8. The van der Waals surface area contributed by atoms with Crippen molar-refractivity contribution in [2.45, 2.75) is 26.2 Å². The molecule has 24 heavy (non-hydrogen) atoms. The van der Waals surface area contributed by atoms with Crippen LogP contribution in [0.3, 0.4) is 0 Å². The highest BCUT2D eigenvalue weighted by molar-refractivity contribution is 5.58. The minimum atomic E-state index is 0.670. The summed E-state index contributed by atoms with van der Waals surface area (Å²) in [4.78, 5) is 9.38. The van der Waals surface area contributed by atoms with Crippen LogP contribution in [0.15, 0.2) is 30.3 Å². The first-order valence-corrected chi connectivity index (χ1v) is 8.75. The highest BCUT2D eigenvalue weighted by Gasteiger charge is 2.13. The molecular formula is C19H26N4O. The topological polar surface area (TPSA) is 59.1 Å². The summed E-state index contributed by atoms with van der Waals surface area (Å²) in [5.74, 6) is 3.19. The fourth-order valence-electron chi connectivity index (χ4n) is 2.99. The average Bonchev–Trinajstić information content (AvgIpc) is 2.67. The lowest BCUT2D eigenvalue weighted by molar-refractivity contribution is 0.392. The van der Waals surface area contributed by atoms with Gasteiger partial charge in [0.1, 0.15) is 11.6 Å². The van der Waals surface area contributed by atoms with Crippen LogP contribution in [0.5, 0.6) is 5.75 Å². The number of benzene rings is 1. The van der Waals surface area contributed by atoms with E-state index in [1.54, 1.807) is 7.11 Å². The Labute approximate surface area is 143 Å². The molecule has 3 rings (SSSR count). The highest BCUT2D eigenvalue weighted by atomic mass is 16.5. The van der Waals surface area contributed by atoms with E-state index in [-0.39, 0.29) is 0 Å². The van der Waals surface area contributed by atoms with Gasteiger partial charge in [0.2, 0.25) is 0 Å². The van der Waals surface area contributed by atoms with Gasteiger partial charge in [-0.15, -0.1) is 0 Å². The first-order chi connectivity index (χ1) is 11.8. The summed E-state index contributed by atoms with van der Waals surface area (Å²) in [5.41, 5.74) is 2.06. The van der Waals surface area contributed by atoms with E-state index in [9.17, 15) is 0 Å². The lowest BCUT2D eigenvalue weighted by atomic mass is 10.00. The van der Waals surface area contributed by atoms with Crippen LogP contribution in [-0.2, 0) is 6.42 Å². The van der Waals surface area contributed by atoms with Gasteiger partial charge < -0.3 is 15.4 Å². The van der Waals surface area contributed by atoms with E-state index < -0.39 is 0 Å². The zero-order valence-electron chi connectivity index (χ0n) is 14.5. The monoisotopic (exact) mass is 326 g/mol. The van der Waals surface area contributed by atoms with Crippen LogP contribution in [0.2, 0.25) is 0 Å². The van der Waals surface area contributed by atoms with Crippen LogP contribution in [0.4, 0.5) is 5.82 Å². The summed E-state index contributed by atoms with van der Waals surface area (Å²) in [6.07, 6.45) is 3.43. The predicted molar refractivity (Wildman–Crippen MR) is 97.5 cm³/mol. The van der Waals surface area contributed by atoms with Gasteiger partial charge in [0, 0.05) is 23.9 Å². The summed E-state index contributed by atoms with van der Waals surface area (Å²) >= 11 is 0. The van der Waals surface area contributed by atoms with Crippen molar-refractivity contribution < 1.29 is 4.74 Å². The van der Waals surface area contributed by atoms with Crippen molar-refractivity contribution in [2.24, 2.45) is 5.92 Å². The number of methoxy groups -OCH3 is 1. The standard InChI is InChI=1S/C19H26N4O/c1-3-16-11-18(21-13-14-5-4-10-20-12-14)23-19(22-16)15-6-8-17(24-2)9-7-15/h6-9,11,14,20H,3-5,10,12-13H2,1-2H3,(H,21,22,23). The molecule has 0 aliphatic carbocycles. The number of nitrogens with one attached hydrogen (secondary N) is 2. The molecule has 1 aliphatic rings. The third kappa shape index (κ3) is 4.23. The Bertz CT molecular complexity index is 651. The van der Waals surface area contributed by atoms with Crippen molar-refractivity contribution in [3.63, 3.8) is 0 Å². The lowest BCUT2D eigenvalue weighted by Crippen LogP contribution is -2.33. The molecule has 2 heterocycles. The van der Waals surface area contributed by atoms with Gasteiger partial charge in [-0.3, -0.25) is 0 Å². The molecule has 1 atom stereocenters. The van der Waals surface area contributed by atoms with Crippen LogP contribution >= 0.6 is 0 Å². The summed E-state index contributed by atoms with van der Waals surface area (Å²) in [7, 11) is 1.67. The Balaban J connectivity index is 1.76. The third-order valence-corrected chi connectivity index (χ3v) is 4.46. The third-order valence-electron chi connectivity index (χ3n) is 4.46. The highest BCUT2D eigenvalue weighted by Crippen LogP contribution is 2.22. The molecule has 1 fully saturated rings. The number of hydrogen-bond donors (Lipinski definition) is 2. The van der Waals surface area contributed by atoms with Crippen LogP contribution in [-0.4, -0.2) is 36.7 Å². The Morgan fingerprint density at radius 2 is 2.08 bits per heavy atom. The van der Waals surface area contributed by atoms with E-state index in [2.05, 4.69) is 28.6 Å². The second-order valence-electron chi connectivity index (χ2n) is 6.24. The Morgan fingerprint density at radius 3 is 2.75 bits per heavy atom. The van der Waals surface area contributed by atoms with Crippen molar-refractivity contribution in [1.82, 2.24) is 15.3 Å². The van der Waals surface area contributed by atoms with E-state index in [1.165, 1.54) is 12.8 Å². The number of ether oxygens (including phenoxy) is 1.